The van der Waals surface area contributed by atoms with Gasteiger partial charge in [0.05, 0.1) is 14.2 Å². The summed E-state index contributed by atoms with van der Waals surface area (Å²) in [4.78, 5) is 25.3. The number of hydrogen-bond acceptors (Lipinski definition) is 4. The molecule has 2 bridgehead atoms. The minimum absolute atomic E-state index is 0.139. The van der Waals surface area contributed by atoms with Crippen molar-refractivity contribution in [3.05, 3.63) is 0 Å². The molecule has 1 amide bonds. The first-order chi connectivity index (χ1) is 7.65. The fourth-order valence-corrected chi connectivity index (χ4v) is 3.07. The van der Waals surface area contributed by atoms with Crippen molar-refractivity contribution in [1.29, 1.82) is 0 Å². The molecule has 2 rings (SSSR count). The number of carbonyl (C=O) groups excluding carboxylic acids is 2. The molecular weight excluding hydrogens is 210 g/mol. The van der Waals surface area contributed by atoms with Crippen molar-refractivity contribution in [2.75, 3.05) is 14.2 Å². The molecule has 2 fully saturated rings. The Morgan fingerprint density at radius 3 is 2.56 bits per heavy atom. The number of ether oxygens (including phenoxy) is 2. The molecule has 2 aliphatic rings. The van der Waals surface area contributed by atoms with Crippen LogP contribution in [0.25, 0.3) is 0 Å². The second-order valence-electron chi connectivity index (χ2n) is 4.45. The number of rotatable bonds is 1. The lowest BCUT2D eigenvalue weighted by Gasteiger charge is -2.41. The lowest BCUT2D eigenvalue weighted by molar-refractivity contribution is -0.155. The number of fused-ring (bicyclic) bond motifs is 2. The van der Waals surface area contributed by atoms with Crippen LogP contribution in [0.4, 0.5) is 4.79 Å². The number of methoxy groups -OCH3 is 2. The standard InChI is InChI=1S/C11H17NO4/c1-15-9(13)11-6-3-4-8(5-7-11)12(11)10(14)16-2/h8H,3-7H2,1-2H3/t8?,11-/m1/s1. The molecule has 90 valence electrons. The number of amides is 1. The van der Waals surface area contributed by atoms with E-state index in [0.29, 0.717) is 12.8 Å². The summed E-state index contributed by atoms with van der Waals surface area (Å²) in [5.41, 5.74) is -0.759. The Labute approximate surface area is 94.7 Å². The highest BCUT2D eigenvalue weighted by atomic mass is 16.5. The zero-order valence-corrected chi connectivity index (χ0v) is 9.69. The van der Waals surface area contributed by atoms with Crippen LogP contribution in [0.5, 0.6) is 0 Å². The van der Waals surface area contributed by atoms with Gasteiger partial charge in [0.2, 0.25) is 0 Å². The average molecular weight is 227 g/mol. The van der Waals surface area contributed by atoms with Crippen LogP contribution in [0.15, 0.2) is 0 Å². The third-order valence-corrected chi connectivity index (χ3v) is 3.78. The first-order valence-electron chi connectivity index (χ1n) is 5.61. The molecule has 1 unspecified atom stereocenters. The summed E-state index contributed by atoms with van der Waals surface area (Å²) in [6.45, 7) is 0. The van der Waals surface area contributed by atoms with Gasteiger partial charge in [0.25, 0.3) is 0 Å². The Bertz CT molecular complexity index is 313. The van der Waals surface area contributed by atoms with Crippen molar-refractivity contribution in [3.63, 3.8) is 0 Å². The van der Waals surface area contributed by atoms with Gasteiger partial charge in [-0.15, -0.1) is 0 Å². The van der Waals surface area contributed by atoms with E-state index >= 15 is 0 Å². The van der Waals surface area contributed by atoms with E-state index in [0.717, 1.165) is 19.3 Å². The average Bonchev–Trinajstić information content (AvgIpc) is 2.55. The molecule has 16 heavy (non-hydrogen) atoms. The molecule has 0 aromatic heterocycles. The maximum absolute atomic E-state index is 11.9. The summed E-state index contributed by atoms with van der Waals surface area (Å²) in [5.74, 6) is -0.305. The molecule has 2 atom stereocenters. The quantitative estimate of drug-likeness (QED) is 0.634. The van der Waals surface area contributed by atoms with E-state index in [1.807, 2.05) is 0 Å². The van der Waals surface area contributed by atoms with Crippen molar-refractivity contribution < 1.29 is 19.1 Å². The van der Waals surface area contributed by atoms with E-state index in [1.165, 1.54) is 14.2 Å². The van der Waals surface area contributed by atoms with E-state index < -0.39 is 11.6 Å². The minimum Gasteiger partial charge on any atom is -0.467 e. The van der Waals surface area contributed by atoms with E-state index in [9.17, 15) is 9.59 Å². The van der Waals surface area contributed by atoms with Gasteiger partial charge in [-0.1, -0.05) is 0 Å². The molecule has 0 saturated carbocycles. The highest BCUT2D eigenvalue weighted by Crippen LogP contribution is 2.45. The Balaban J connectivity index is 2.33. The van der Waals surface area contributed by atoms with Gasteiger partial charge in [-0.3, -0.25) is 4.90 Å². The molecule has 2 aliphatic heterocycles. The molecule has 0 aromatic rings. The van der Waals surface area contributed by atoms with Gasteiger partial charge < -0.3 is 9.47 Å². The maximum Gasteiger partial charge on any atom is 0.410 e. The number of piperidine rings is 1. The van der Waals surface area contributed by atoms with Crippen molar-refractivity contribution in [1.82, 2.24) is 4.90 Å². The van der Waals surface area contributed by atoms with Gasteiger partial charge in [0.1, 0.15) is 5.54 Å². The molecule has 0 aliphatic carbocycles. The first kappa shape index (κ1) is 11.2. The molecule has 2 heterocycles. The van der Waals surface area contributed by atoms with E-state index in [4.69, 9.17) is 9.47 Å². The predicted octanol–water partition coefficient (Wildman–Crippen LogP) is 1.31. The molecular formula is C11H17NO4. The van der Waals surface area contributed by atoms with Crippen molar-refractivity contribution in [2.45, 2.75) is 43.7 Å². The highest BCUT2D eigenvalue weighted by Gasteiger charge is 2.57. The van der Waals surface area contributed by atoms with Gasteiger partial charge in [-0.25, -0.2) is 9.59 Å². The Morgan fingerprint density at radius 1 is 1.19 bits per heavy atom. The van der Waals surface area contributed by atoms with Gasteiger partial charge in [-0.2, -0.15) is 0 Å². The summed E-state index contributed by atoms with van der Waals surface area (Å²) in [7, 11) is 2.72. The fourth-order valence-electron chi connectivity index (χ4n) is 3.07. The summed E-state index contributed by atoms with van der Waals surface area (Å²) >= 11 is 0. The normalized spacial score (nSPS) is 32.4. The van der Waals surface area contributed by atoms with Crippen LogP contribution in [0.2, 0.25) is 0 Å². The zero-order chi connectivity index (χ0) is 11.8. The van der Waals surface area contributed by atoms with Gasteiger partial charge in [0, 0.05) is 6.04 Å². The van der Waals surface area contributed by atoms with Gasteiger partial charge >= 0.3 is 12.1 Å². The third kappa shape index (κ3) is 1.37. The maximum atomic E-state index is 11.9. The fraction of sp³-hybridized carbons (Fsp3) is 0.818. The minimum atomic E-state index is -0.759. The van der Waals surface area contributed by atoms with Crippen LogP contribution in [-0.4, -0.2) is 42.8 Å². The van der Waals surface area contributed by atoms with Crippen molar-refractivity contribution in [3.8, 4) is 0 Å². The highest BCUT2D eigenvalue weighted by molar-refractivity contribution is 5.87. The number of nitrogens with zero attached hydrogens (tertiary/aromatic N) is 1. The zero-order valence-electron chi connectivity index (χ0n) is 9.69. The molecule has 0 aromatic carbocycles. The Morgan fingerprint density at radius 2 is 1.94 bits per heavy atom. The Kier molecular flexibility index (Phi) is 2.78. The van der Waals surface area contributed by atoms with Crippen LogP contribution in [-0.2, 0) is 14.3 Å². The molecule has 2 saturated heterocycles. The summed E-state index contributed by atoms with van der Waals surface area (Å²) in [6, 6.07) is 0.139. The van der Waals surface area contributed by atoms with Crippen molar-refractivity contribution >= 4 is 12.1 Å². The number of carbonyl (C=O) groups is 2. The molecule has 0 N–H and O–H groups in total. The van der Waals surface area contributed by atoms with Gasteiger partial charge in [0.15, 0.2) is 0 Å². The van der Waals surface area contributed by atoms with Crippen LogP contribution in [0, 0.1) is 0 Å². The van der Waals surface area contributed by atoms with E-state index in [2.05, 4.69) is 0 Å². The topological polar surface area (TPSA) is 55.8 Å². The SMILES string of the molecule is COC(=O)N1C2CCC[C@]1(C(=O)OC)CC2. The number of hydrogen-bond donors (Lipinski definition) is 0. The lowest BCUT2D eigenvalue weighted by Crippen LogP contribution is -2.58. The number of esters is 1. The summed E-state index contributed by atoms with van der Waals surface area (Å²) in [6.07, 6.45) is 3.75. The smallest absolute Gasteiger partial charge is 0.410 e. The van der Waals surface area contributed by atoms with Crippen LogP contribution < -0.4 is 0 Å². The van der Waals surface area contributed by atoms with Crippen molar-refractivity contribution in [2.24, 2.45) is 0 Å². The molecule has 5 heteroatoms. The molecule has 0 spiro atoms. The summed E-state index contributed by atoms with van der Waals surface area (Å²) in [5, 5.41) is 0. The van der Waals surface area contributed by atoms with Gasteiger partial charge in [-0.05, 0) is 32.1 Å². The Hall–Kier alpha value is -1.26. The second kappa shape index (κ2) is 3.96. The van der Waals surface area contributed by atoms with E-state index in [-0.39, 0.29) is 12.0 Å². The third-order valence-electron chi connectivity index (χ3n) is 3.78. The van der Waals surface area contributed by atoms with Crippen LogP contribution in [0.3, 0.4) is 0 Å². The van der Waals surface area contributed by atoms with Crippen LogP contribution in [0.1, 0.15) is 32.1 Å². The second-order valence-corrected chi connectivity index (χ2v) is 4.45. The molecule has 5 nitrogen and oxygen atoms in total. The molecule has 0 radical (unpaired) electrons. The van der Waals surface area contributed by atoms with E-state index in [1.54, 1.807) is 4.90 Å². The monoisotopic (exact) mass is 227 g/mol. The summed E-state index contributed by atoms with van der Waals surface area (Å²) < 4.78 is 9.62. The van der Waals surface area contributed by atoms with Crippen LogP contribution >= 0.6 is 0 Å². The predicted molar refractivity (Wildman–Crippen MR) is 55.9 cm³/mol. The largest absolute Gasteiger partial charge is 0.467 e. The lowest BCUT2D eigenvalue weighted by atomic mass is 9.88. The first-order valence-corrected chi connectivity index (χ1v) is 5.61.